The average Bonchev–Trinajstić information content (AvgIpc) is 2.72. The number of benzene rings is 1. The van der Waals surface area contributed by atoms with Crippen molar-refractivity contribution in [2.45, 2.75) is 18.9 Å². The Labute approximate surface area is 116 Å². The molecular weight excluding hydrogens is 270 g/mol. The minimum absolute atomic E-state index is 0.0995. The summed E-state index contributed by atoms with van der Waals surface area (Å²) in [5.74, 6) is 0.0995. The Balaban J connectivity index is 2.07. The van der Waals surface area contributed by atoms with Gasteiger partial charge in [-0.2, -0.15) is 0 Å². The summed E-state index contributed by atoms with van der Waals surface area (Å²) in [6, 6.07) is 5.60. The largest absolute Gasteiger partial charge is 0.389 e. The van der Waals surface area contributed by atoms with Crippen molar-refractivity contribution in [1.29, 1.82) is 0 Å². The fourth-order valence-corrected chi connectivity index (χ4v) is 2.54. The highest BCUT2D eigenvalue weighted by molar-refractivity contribution is 7.80. The third-order valence-electron chi connectivity index (χ3n) is 2.88. The van der Waals surface area contributed by atoms with Crippen LogP contribution in [0.5, 0.6) is 0 Å². The first kappa shape index (κ1) is 13.1. The lowest BCUT2D eigenvalue weighted by molar-refractivity contribution is -0.119. The SMILES string of the molecule is NC(=S)c1c(Cl)cccc1NCC1CCC(=O)N1. The minimum Gasteiger partial charge on any atom is -0.389 e. The van der Waals surface area contributed by atoms with Gasteiger partial charge in [-0.05, 0) is 18.6 Å². The summed E-state index contributed by atoms with van der Waals surface area (Å²) in [7, 11) is 0. The number of anilines is 1. The molecule has 1 atom stereocenters. The van der Waals surface area contributed by atoms with Gasteiger partial charge >= 0.3 is 0 Å². The summed E-state index contributed by atoms with van der Waals surface area (Å²) >= 11 is 11.1. The van der Waals surface area contributed by atoms with Gasteiger partial charge in [0.05, 0.1) is 10.6 Å². The Morgan fingerprint density at radius 3 is 3.00 bits per heavy atom. The molecule has 1 amide bonds. The maximum absolute atomic E-state index is 11.1. The zero-order chi connectivity index (χ0) is 13.1. The molecule has 0 spiro atoms. The van der Waals surface area contributed by atoms with E-state index in [1.807, 2.05) is 12.1 Å². The van der Waals surface area contributed by atoms with Gasteiger partial charge in [0.1, 0.15) is 4.99 Å². The molecule has 1 unspecified atom stereocenters. The van der Waals surface area contributed by atoms with Gasteiger partial charge in [-0.25, -0.2) is 0 Å². The molecule has 0 radical (unpaired) electrons. The number of hydrogen-bond donors (Lipinski definition) is 3. The predicted octanol–water partition coefficient (Wildman–Crippen LogP) is 1.66. The van der Waals surface area contributed by atoms with E-state index in [0.29, 0.717) is 23.6 Å². The summed E-state index contributed by atoms with van der Waals surface area (Å²) < 4.78 is 0. The van der Waals surface area contributed by atoms with Crippen molar-refractivity contribution in [2.75, 3.05) is 11.9 Å². The second-order valence-corrected chi connectivity index (χ2v) is 5.06. The molecule has 0 bridgehead atoms. The first-order valence-corrected chi connectivity index (χ1v) is 6.48. The monoisotopic (exact) mass is 283 g/mol. The number of amides is 1. The molecule has 1 aliphatic rings. The van der Waals surface area contributed by atoms with E-state index >= 15 is 0 Å². The smallest absolute Gasteiger partial charge is 0.220 e. The van der Waals surface area contributed by atoms with Crippen molar-refractivity contribution in [3.8, 4) is 0 Å². The number of nitrogens with one attached hydrogen (secondary N) is 2. The van der Waals surface area contributed by atoms with E-state index in [1.165, 1.54) is 0 Å². The highest BCUT2D eigenvalue weighted by atomic mass is 35.5. The maximum atomic E-state index is 11.1. The van der Waals surface area contributed by atoms with Crippen LogP contribution in [-0.2, 0) is 4.79 Å². The molecule has 1 aliphatic heterocycles. The Kier molecular flexibility index (Phi) is 4.04. The summed E-state index contributed by atoms with van der Waals surface area (Å²) in [6.45, 7) is 0.641. The van der Waals surface area contributed by atoms with Gasteiger partial charge in [-0.15, -0.1) is 0 Å². The molecule has 96 valence electrons. The lowest BCUT2D eigenvalue weighted by Crippen LogP contribution is -2.32. The molecule has 0 saturated carbocycles. The second-order valence-electron chi connectivity index (χ2n) is 4.21. The standard InChI is InChI=1S/C12H14ClN3OS/c13-8-2-1-3-9(11(8)12(14)18)15-6-7-4-5-10(17)16-7/h1-3,7,15H,4-6H2,(H2,14,18)(H,16,17). The van der Waals surface area contributed by atoms with Gasteiger partial charge in [0, 0.05) is 24.7 Å². The number of carbonyl (C=O) groups excluding carboxylic acids is 1. The molecule has 2 rings (SSSR count). The zero-order valence-corrected chi connectivity index (χ0v) is 11.3. The normalized spacial score (nSPS) is 18.5. The van der Waals surface area contributed by atoms with Gasteiger partial charge < -0.3 is 16.4 Å². The minimum atomic E-state index is 0.0995. The fraction of sp³-hybridized carbons (Fsp3) is 0.333. The first-order chi connectivity index (χ1) is 8.58. The lowest BCUT2D eigenvalue weighted by Gasteiger charge is -2.15. The average molecular weight is 284 g/mol. The number of carbonyl (C=O) groups is 1. The molecule has 0 aromatic heterocycles. The number of hydrogen-bond acceptors (Lipinski definition) is 3. The molecule has 4 N–H and O–H groups in total. The van der Waals surface area contributed by atoms with Crippen LogP contribution in [-0.4, -0.2) is 23.5 Å². The summed E-state index contributed by atoms with van der Waals surface area (Å²) in [5.41, 5.74) is 7.11. The number of halogens is 1. The van der Waals surface area contributed by atoms with Crippen LogP contribution in [0.25, 0.3) is 0 Å². The van der Waals surface area contributed by atoms with Crippen LogP contribution in [0.2, 0.25) is 5.02 Å². The van der Waals surface area contributed by atoms with Crippen molar-refractivity contribution < 1.29 is 4.79 Å². The quantitative estimate of drug-likeness (QED) is 0.736. The molecule has 1 saturated heterocycles. The molecule has 1 aromatic rings. The van der Waals surface area contributed by atoms with E-state index in [2.05, 4.69) is 10.6 Å². The summed E-state index contributed by atoms with van der Waals surface area (Å²) in [4.78, 5) is 11.4. The van der Waals surface area contributed by atoms with Crippen LogP contribution >= 0.6 is 23.8 Å². The Morgan fingerprint density at radius 2 is 2.39 bits per heavy atom. The lowest BCUT2D eigenvalue weighted by atomic mass is 10.1. The number of thiocarbonyl (C=S) groups is 1. The molecule has 1 aromatic carbocycles. The highest BCUT2D eigenvalue weighted by Crippen LogP contribution is 2.24. The zero-order valence-electron chi connectivity index (χ0n) is 9.70. The summed E-state index contributed by atoms with van der Waals surface area (Å²) in [6.07, 6.45) is 1.43. The van der Waals surface area contributed by atoms with Crippen molar-refractivity contribution in [1.82, 2.24) is 5.32 Å². The van der Waals surface area contributed by atoms with Crippen LogP contribution in [0.1, 0.15) is 18.4 Å². The Hall–Kier alpha value is -1.33. The van der Waals surface area contributed by atoms with Crippen LogP contribution < -0.4 is 16.4 Å². The van der Waals surface area contributed by atoms with E-state index in [1.54, 1.807) is 6.07 Å². The number of rotatable bonds is 4. The third-order valence-corrected chi connectivity index (χ3v) is 3.40. The van der Waals surface area contributed by atoms with Crippen LogP contribution in [0.4, 0.5) is 5.69 Å². The van der Waals surface area contributed by atoms with E-state index in [-0.39, 0.29) is 16.9 Å². The van der Waals surface area contributed by atoms with Gasteiger partial charge in [0.2, 0.25) is 5.91 Å². The van der Waals surface area contributed by atoms with Crippen LogP contribution in [0.3, 0.4) is 0 Å². The predicted molar refractivity (Wildman–Crippen MR) is 77.0 cm³/mol. The van der Waals surface area contributed by atoms with Crippen molar-refractivity contribution in [3.63, 3.8) is 0 Å². The fourth-order valence-electron chi connectivity index (χ4n) is 1.99. The molecule has 1 fully saturated rings. The molecule has 6 heteroatoms. The third kappa shape index (κ3) is 2.91. The van der Waals surface area contributed by atoms with Crippen molar-refractivity contribution in [2.24, 2.45) is 5.73 Å². The van der Waals surface area contributed by atoms with Crippen LogP contribution in [0, 0.1) is 0 Å². The molecule has 0 aliphatic carbocycles. The van der Waals surface area contributed by atoms with E-state index in [0.717, 1.165) is 12.1 Å². The molecule has 1 heterocycles. The topological polar surface area (TPSA) is 67.1 Å². The summed E-state index contributed by atoms with van der Waals surface area (Å²) in [5, 5.41) is 6.65. The van der Waals surface area contributed by atoms with Gasteiger partial charge in [-0.1, -0.05) is 29.9 Å². The van der Waals surface area contributed by atoms with Crippen molar-refractivity contribution >= 4 is 40.4 Å². The second kappa shape index (κ2) is 5.54. The van der Waals surface area contributed by atoms with Gasteiger partial charge in [0.25, 0.3) is 0 Å². The molecule has 4 nitrogen and oxygen atoms in total. The molecular formula is C12H14ClN3OS. The van der Waals surface area contributed by atoms with E-state index in [4.69, 9.17) is 29.6 Å². The van der Waals surface area contributed by atoms with E-state index in [9.17, 15) is 4.79 Å². The highest BCUT2D eigenvalue weighted by Gasteiger charge is 2.20. The van der Waals surface area contributed by atoms with Gasteiger partial charge in [-0.3, -0.25) is 4.79 Å². The van der Waals surface area contributed by atoms with Crippen molar-refractivity contribution in [3.05, 3.63) is 28.8 Å². The first-order valence-electron chi connectivity index (χ1n) is 5.69. The van der Waals surface area contributed by atoms with E-state index < -0.39 is 0 Å². The molecule has 18 heavy (non-hydrogen) atoms. The van der Waals surface area contributed by atoms with Gasteiger partial charge in [0.15, 0.2) is 0 Å². The number of nitrogens with two attached hydrogens (primary N) is 1. The Bertz CT molecular complexity index is 492. The van der Waals surface area contributed by atoms with Crippen LogP contribution in [0.15, 0.2) is 18.2 Å². The Morgan fingerprint density at radius 1 is 1.61 bits per heavy atom. The maximum Gasteiger partial charge on any atom is 0.220 e.